The highest BCUT2D eigenvalue weighted by atomic mass is 16.2. The number of hydrogen-bond acceptors (Lipinski definition) is 2. The molecule has 0 unspecified atom stereocenters. The average Bonchev–Trinajstić information content (AvgIpc) is 2.72. The quantitative estimate of drug-likeness (QED) is 0.860. The van der Waals surface area contributed by atoms with E-state index in [0.717, 1.165) is 38.0 Å². The van der Waals surface area contributed by atoms with Gasteiger partial charge < -0.3 is 15.1 Å². The molecule has 0 aromatic heterocycles. The molecule has 0 bridgehead atoms. The molecule has 1 aromatic carbocycles. The summed E-state index contributed by atoms with van der Waals surface area (Å²) in [6, 6.07) is 5.62. The number of likely N-dealkylation sites (tertiary alicyclic amines) is 1. The Kier molecular flexibility index (Phi) is 4.78. The molecule has 0 saturated carbocycles. The molecule has 1 N–H and O–H groups in total. The molecule has 2 aliphatic rings. The molecule has 0 aliphatic carbocycles. The van der Waals surface area contributed by atoms with Gasteiger partial charge in [-0.25, -0.2) is 4.79 Å². The van der Waals surface area contributed by atoms with E-state index in [-0.39, 0.29) is 11.9 Å². The predicted octanol–water partition coefficient (Wildman–Crippen LogP) is 3.21. The van der Waals surface area contributed by atoms with Gasteiger partial charge in [-0.05, 0) is 48.8 Å². The van der Waals surface area contributed by atoms with E-state index in [1.54, 1.807) is 4.90 Å². The minimum atomic E-state index is -0.0625. The molecule has 3 rings (SSSR count). The summed E-state index contributed by atoms with van der Waals surface area (Å²) in [5.41, 5.74) is 2.47. The Morgan fingerprint density at radius 3 is 2.79 bits per heavy atom. The Hall–Kier alpha value is -2.04. The van der Waals surface area contributed by atoms with E-state index in [1.165, 1.54) is 6.42 Å². The van der Waals surface area contributed by atoms with Crippen molar-refractivity contribution in [3.05, 3.63) is 29.3 Å². The number of carbonyl (C=O) groups excluding carboxylic acids is 2. The van der Waals surface area contributed by atoms with E-state index in [0.29, 0.717) is 23.1 Å². The van der Waals surface area contributed by atoms with Crippen molar-refractivity contribution in [3.8, 4) is 0 Å². The Bertz CT molecular complexity index is 643. The summed E-state index contributed by atoms with van der Waals surface area (Å²) in [5.74, 6) is 1.21. The third-order valence-corrected chi connectivity index (χ3v) is 5.17. The van der Waals surface area contributed by atoms with Crippen molar-refractivity contribution in [2.45, 2.75) is 33.1 Å². The molecule has 1 fully saturated rings. The number of carbonyl (C=O) groups is 2. The monoisotopic (exact) mass is 329 g/mol. The molecule has 2 aliphatic heterocycles. The molecule has 1 saturated heterocycles. The summed E-state index contributed by atoms with van der Waals surface area (Å²) in [4.78, 5) is 28.5. The second kappa shape index (κ2) is 6.83. The first-order valence-electron chi connectivity index (χ1n) is 8.88. The Morgan fingerprint density at radius 1 is 1.21 bits per heavy atom. The lowest BCUT2D eigenvalue weighted by Crippen LogP contribution is -2.37. The van der Waals surface area contributed by atoms with E-state index in [9.17, 15) is 9.59 Å². The van der Waals surface area contributed by atoms with Crippen molar-refractivity contribution < 1.29 is 9.59 Å². The number of benzene rings is 1. The highest BCUT2D eigenvalue weighted by molar-refractivity contribution is 5.99. The minimum absolute atomic E-state index is 0.0320. The summed E-state index contributed by atoms with van der Waals surface area (Å²) >= 11 is 0. The number of hydrogen-bond donors (Lipinski definition) is 1. The van der Waals surface area contributed by atoms with Crippen LogP contribution in [0.2, 0.25) is 0 Å². The van der Waals surface area contributed by atoms with Crippen LogP contribution in [0.3, 0.4) is 0 Å². The molecule has 0 radical (unpaired) electrons. The zero-order chi connectivity index (χ0) is 17.3. The van der Waals surface area contributed by atoms with Crippen molar-refractivity contribution in [2.75, 3.05) is 32.0 Å². The van der Waals surface area contributed by atoms with Crippen LogP contribution in [0.15, 0.2) is 18.2 Å². The Balaban J connectivity index is 1.72. The van der Waals surface area contributed by atoms with Crippen molar-refractivity contribution >= 4 is 17.6 Å². The fraction of sp³-hybridized carbons (Fsp3) is 0.579. The van der Waals surface area contributed by atoms with Crippen LogP contribution in [0, 0.1) is 11.8 Å². The van der Waals surface area contributed by atoms with Gasteiger partial charge in [-0.2, -0.15) is 0 Å². The topological polar surface area (TPSA) is 52.7 Å². The highest BCUT2D eigenvalue weighted by Gasteiger charge is 2.24. The van der Waals surface area contributed by atoms with Crippen LogP contribution in [-0.2, 0) is 6.42 Å². The smallest absolute Gasteiger partial charge is 0.321 e. The third kappa shape index (κ3) is 3.55. The van der Waals surface area contributed by atoms with E-state index in [1.807, 2.05) is 30.1 Å². The van der Waals surface area contributed by atoms with E-state index < -0.39 is 0 Å². The lowest BCUT2D eigenvalue weighted by molar-refractivity contribution is 0.0781. The number of rotatable bonds is 1. The first-order chi connectivity index (χ1) is 11.4. The highest BCUT2D eigenvalue weighted by Crippen LogP contribution is 2.24. The number of fused-ring (bicyclic) bond motifs is 1. The van der Waals surface area contributed by atoms with Crippen LogP contribution >= 0.6 is 0 Å². The molecule has 2 heterocycles. The largest absolute Gasteiger partial charge is 0.341 e. The molecule has 5 nitrogen and oxygen atoms in total. The van der Waals surface area contributed by atoms with E-state index >= 15 is 0 Å². The molecule has 0 spiro atoms. The molecular formula is C19H27N3O2. The summed E-state index contributed by atoms with van der Waals surface area (Å²) in [7, 11) is 1.82. The van der Waals surface area contributed by atoms with Gasteiger partial charge in [-0.15, -0.1) is 0 Å². The van der Waals surface area contributed by atoms with Gasteiger partial charge in [0.05, 0.1) is 0 Å². The minimum Gasteiger partial charge on any atom is -0.341 e. The van der Waals surface area contributed by atoms with Crippen LogP contribution < -0.4 is 5.32 Å². The lowest BCUT2D eigenvalue weighted by Gasteiger charge is -2.26. The predicted molar refractivity (Wildman–Crippen MR) is 95.3 cm³/mol. The van der Waals surface area contributed by atoms with Crippen LogP contribution in [0.1, 0.15) is 42.6 Å². The van der Waals surface area contributed by atoms with Crippen LogP contribution in [0.4, 0.5) is 10.5 Å². The standard InChI is InChI=1S/C19H27N3O2/c1-13-6-9-22(12-14(2)10-13)19(24)20-16-5-4-15-7-8-21(3)18(23)17(15)11-16/h4-5,11,13-14H,6-10,12H2,1-3H3,(H,20,24)/t13-,14+/m0/s1. The zero-order valence-electron chi connectivity index (χ0n) is 14.8. The van der Waals surface area contributed by atoms with Gasteiger partial charge in [-0.3, -0.25) is 4.79 Å². The van der Waals surface area contributed by atoms with E-state index in [4.69, 9.17) is 0 Å². The number of amides is 3. The van der Waals surface area contributed by atoms with Gasteiger partial charge >= 0.3 is 6.03 Å². The fourth-order valence-corrected chi connectivity index (χ4v) is 3.78. The normalized spacial score (nSPS) is 24.4. The summed E-state index contributed by atoms with van der Waals surface area (Å²) in [6.07, 6.45) is 3.09. The molecule has 130 valence electrons. The lowest BCUT2D eigenvalue weighted by atomic mass is 9.97. The van der Waals surface area contributed by atoms with Crippen LogP contribution in [0.5, 0.6) is 0 Å². The number of anilines is 1. The molecule has 2 atom stereocenters. The van der Waals surface area contributed by atoms with Crippen molar-refractivity contribution in [3.63, 3.8) is 0 Å². The second-order valence-electron chi connectivity index (χ2n) is 7.46. The first kappa shape index (κ1) is 16.8. The SMILES string of the molecule is C[C@@H]1C[C@@H](C)CCN(C(=O)Nc2ccc3c(c2)C(=O)N(C)CC3)C1. The van der Waals surface area contributed by atoms with Gasteiger partial charge in [0.2, 0.25) is 0 Å². The van der Waals surface area contributed by atoms with E-state index in [2.05, 4.69) is 19.2 Å². The maximum Gasteiger partial charge on any atom is 0.321 e. The third-order valence-electron chi connectivity index (χ3n) is 5.17. The van der Waals surface area contributed by atoms with Crippen LogP contribution in [0.25, 0.3) is 0 Å². The van der Waals surface area contributed by atoms with Gasteiger partial charge in [0, 0.05) is 37.9 Å². The zero-order valence-corrected chi connectivity index (χ0v) is 14.8. The maximum absolute atomic E-state index is 12.6. The number of nitrogens with one attached hydrogen (secondary N) is 1. The summed E-state index contributed by atoms with van der Waals surface area (Å²) < 4.78 is 0. The number of nitrogens with zero attached hydrogens (tertiary/aromatic N) is 2. The number of likely N-dealkylation sites (N-methyl/N-ethyl adjacent to an activating group) is 1. The van der Waals surface area contributed by atoms with Gasteiger partial charge in [0.1, 0.15) is 0 Å². The Labute approximate surface area is 144 Å². The average molecular weight is 329 g/mol. The van der Waals surface area contributed by atoms with Crippen molar-refractivity contribution in [2.24, 2.45) is 11.8 Å². The van der Waals surface area contributed by atoms with Crippen molar-refractivity contribution in [1.29, 1.82) is 0 Å². The van der Waals surface area contributed by atoms with Gasteiger partial charge in [-0.1, -0.05) is 19.9 Å². The van der Waals surface area contributed by atoms with Crippen molar-refractivity contribution in [1.82, 2.24) is 9.80 Å². The molecule has 1 aromatic rings. The molecule has 5 heteroatoms. The molecule has 24 heavy (non-hydrogen) atoms. The summed E-state index contributed by atoms with van der Waals surface area (Å²) in [5, 5.41) is 2.98. The Morgan fingerprint density at radius 2 is 2.00 bits per heavy atom. The van der Waals surface area contributed by atoms with Gasteiger partial charge in [0.15, 0.2) is 0 Å². The van der Waals surface area contributed by atoms with Crippen LogP contribution in [-0.4, -0.2) is 48.4 Å². The molecule has 3 amide bonds. The second-order valence-corrected chi connectivity index (χ2v) is 7.46. The maximum atomic E-state index is 12.6. The molecular weight excluding hydrogens is 302 g/mol. The first-order valence-corrected chi connectivity index (χ1v) is 8.88. The van der Waals surface area contributed by atoms with Gasteiger partial charge in [0.25, 0.3) is 5.91 Å². The number of urea groups is 1. The fourth-order valence-electron chi connectivity index (χ4n) is 3.78. The summed E-state index contributed by atoms with van der Waals surface area (Å²) in [6.45, 7) is 6.80.